The first-order valence-corrected chi connectivity index (χ1v) is 20.1. The average Bonchev–Trinajstić information content (AvgIpc) is 3.63. The number of para-hydroxylation sites is 1. The van der Waals surface area contributed by atoms with Crippen molar-refractivity contribution in [2.75, 3.05) is 59.4 Å². The van der Waals surface area contributed by atoms with Crippen molar-refractivity contribution in [2.24, 2.45) is 0 Å². The van der Waals surface area contributed by atoms with Crippen molar-refractivity contribution in [3.05, 3.63) is 75.7 Å². The number of benzene rings is 2. The van der Waals surface area contributed by atoms with E-state index >= 15 is 0 Å². The number of hydrogen-bond donors (Lipinski definition) is 1. The lowest BCUT2D eigenvalue weighted by atomic mass is 9.89. The summed E-state index contributed by atoms with van der Waals surface area (Å²) in [6, 6.07) is 12.8. The van der Waals surface area contributed by atoms with Crippen molar-refractivity contribution in [1.29, 1.82) is 0 Å². The second kappa shape index (κ2) is 17.5. The van der Waals surface area contributed by atoms with Gasteiger partial charge in [-0.3, -0.25) is 28.6 Å². The molecule has 1 N–H and O–H groups in total. The van der Waals surface area contributed by atoms with Crippen LogP contribution < -0.4 is 10.9 Å². The Balaban J connectivity index is 1.06. The van der Waals surface area contributed by atoms with Crippen LogP contribution in [0.4, 0.5) is 4.79 Å². The Morgan fingerprint density at radius 3 is 2.21 bits per heavy atom. The fourth-order valence-corrected chi connectivity index (χ4v) is 8.66. The van der Waals surface area contributed by atoms with Crippen LogP contribution in [0.25, 0.3) is 21.8 Å². The van der Waals surface area contributed by atoms with Crippen molar-refractivity contribution in [2.45, 2.75) is 84.3 Å². The summed E-state index contributed by atoms with van der Waals surface area (Å²) in [7, 11) is 2.16. The van der Waals surface area contributed by atoms with Crippen LogP contribution in [-0.4, -0.2) is 129 Å². The summed E-state index contributed by atoms with van der Waals surface area (Å²) in [6.07, 6.45) is 5.51. The number of rotatable bonds is 10. The number of carbonyl (C=O) groups excluding carboxylic acids is 4. The fourth-order valence-electron chi connectivity index (χ4n) is 8.66. The molecular weight excluding hydrogens is 729 g/mol. The summed E-state index contributed by atoms with van der Waals surface area (Å²) in [5, 5.41) is 9.43. The van der Waals surface area contributed by atoms with E-state index < -0.39 is 18.0 Å². The maximum Gasteiger partial charge on any atom is 0.318 e. The number of aromatic nitrogens is 3. The minimum Gasteiger partial charge on any atom is -0.444 e. The van der Waals surface area contributed by atoms with E-state index in [0.29, 0.717) is 62.6 Å². The van der Waals surface area contributed by atoms with E-state index in [4.69, 9.17) is 9.47 Å². The van der Waals surface area contributed by atoms with Crippen LogP contribution in [0.1, 0.15) is 62.1 Å². The molecule has 2 aromatic heterocycles. The molecule has 3 aliphatic heterocycles. The molecule has 304 valence electrons. The van der Waals surface area contributed by atoms with Gasteiger partial charge in [-0.2, -0.15) is 5.10 Å². The van der Waals surface area contributed by atoms with E-state index in [9.17, 15) is 24.0 Å². The summed E-state index contributed by atoms with van der Waals surface area (Å²) >= 11 is 0. The minimum atomic E-state index is -0.799. The maximum atomic E-state index is 14.4. The maximum absolute atomic E-state index is 14.4. The molecule has 0 saturated carbocycles. The quantitative estimate of drug-likeness (QED) is 0.237. The molecule has 57 heavy (non-hydrogen) atoms. The van der Waals surface area contributed by atoms with Gasteiger partial charge in [-0.25, -0.2) is 9.48 Å². The summed E-state index contributed by atoms with van der Waals surface area (Å²) < 4.78 is 13.5. The molecule has 3 amide bonds. The molecule has 0 spiro atoms. The molecule has 15 heteroatoms. The largest absolute Gasteiger partial charge is 0.444 e. The molecule has 4 aromatic rings. The van der Waals surface area contributed by atoms with Crippen LogP contribution in [-0.2, 0) is 43.7 Å². The normalized spacial score (nSPS) is 18.2. The Kier molecular flexibility index (Phi) is 12.2. The van der Waals surface area contributed by atoms with Gasteiger partial charge in [-0.15, -0.1) is 0 Å². The lowest BCUT2D eigenvalue weighted by Gasteiger charge is -2.43. The van der Waals surface area contributed by atoms with E-state index in [1.165, 1.54) is 18.4 Å². The molecule has 1 unspecified atom stereocenters. The SMILES string of the molecule is CC(=O)OCn1cc2cc(CC(NC(=O)N3CCC(c4cc5ccccc5n(COC(C)=O)c4=O)CC3)C(=O)N3CCN(C4CCN(C)CC4)CC3)cc(C)c2n1. The van der Waals surface area contributed by atoms with Gasteiger partial charge in [0.25, 0.3) is 5.56 Å². The van der Waals surface area contributed by atoms with Crippen molar-refractivity contribution >= 4 is 45.7 Å². The third kappa shape index (κ3) is 9.31. The molecule has 7 rings (SSSR count). The molecule has 0 aliphatic carbocycles. The van der Waals surface area contributed by atoms with Gasteiger partial charge in [0.15, 0.2) is 13.5 Å². The molecule has 0 radical (unpaired) electrons. The molecule has 0 bridgehead atoms. The van der Waals surface area contributed by atoms with Gasteiger partial charge in [-0.05, 0) is 93.4 Å². The Hall–Kier alpha value is -5.28. The standard InChI is InChI=1S/C42H54N8O7/c1-28-21-31(22-34-25-49(44-39(28)34)26-56-29(2)51)23-37(41(54)47-19-17-46(18-20-47)35-11-13-45(4)14-12-35)43-42(55)48-15-9-32(10-16-48)36-24-33-7-5-6-8-38(33)50(40(36)53)27-57-30(3)52/h5-8,21-22,24-25,32,35,37H,9-20,23,26-27H2,1-4H3,(H,43,55). The van der Waals surface area contributed by atoms with Crippen LogP contribution in [0.2, 0.25) is 0 Å². The summed E-state index contributed by atoms with van der Waals surface area (Å²) in [5.74, 6) is -1.06. The van der Waals surface area contributed by atoms with Crippen LogP contribution >= 0.6 is 0 Å². The number of likely N-dealkylation sites (tertiary alicyclic amines) is 2. The Labute approximate surface area is 332 Å². The molecule has 2 aromatic carbocycles. The lowest BCUT2D eigenvalue weighted by Crippen LogP contribution is -2.59. The molecule has 5 heterocycles. The fraction of sp³-hybridized carbons (Fsp3) is 0.524. The Morgan fingerprint density at radius 2 is 1.51 bits per heavy atom. The first-order valence-electron chi connectivity index (χ1n) is 20.1. The van der Waals surface area contributed by atoms with Gasteiger partial charge in [-0.1, -0.05) is 24.3 Å². The Bertz CT molecular complexity index is 2180. The number of nitrogens with one attached hydrogen (secondary N) is 1. The van der Waals surface area contributed by atoms with E-state index in [2.05, 4.69) is 27.3 Å². The number of piperidine rings is 2. The number of urea groups is 1. The van der Waals surface area contributed by atoms with E-state index in [1.54, 1.807) is 9.58 Å². The predicted molar refractivity (Wildman–Crippen MR) is 214 cm³/mol. The smallest absolute Gasteiger partial charge is 0.318 e. The number of amides is 3. The minimum absolute atomic E-state index is 0.00145. The van der Waals surface area contributed by atoms with Crippen LogP contribution in [0, 0.1) is 6.92 Å². The van der Waals surface area contributed by atoms with Crippen LogP contribution in [0.3, 0.4) is 0 Å². The summed E-state index contributed by atoms with van der Waals surface area (Å²) in [5.41, 5.74) is 3.69. The number of carbonyl (C=O) groups is 4. The van der Waals surface area contributed by atoms with E-state index in [-0.39, 0.29) is 36.9 Å². The number of nitrogens with zero attached hydrogens (tertiary/aromatic N) is 7. The number of piperazine rings is 1. The molecular formula is C42H54N8O7. The van der Waals surface area contributed by atoms with Gasteiger partial charge in [0.2, 0.25) is 5.91 Å². The lowest BCUT2D eigenvalue weighted by molar-refractivity contribution is -0.145. The number of esters is 2. The second-order valence-corrected chi connectivity index (χ2v) is 15.8. The molecule has 3 aliphatic rings. The monoisotopic (exact) mass is 782 g/mol. The third-order valence-corrected chi connectivity index (χ3v) is 11.8. The topological polar surface area (TPSA) is 152 Å². The van der Waals surface area contributed by atoms with Crippen molar-refractivity contribution < 1.29 is 28.7 Å². The highest BCUT2D eigenvalue weighted by atomic mass is 16.5. The second-order valence-electron chi connectivity index (χ2n) is 15.8. The van der Waals surface area contributed by atoms with Crippen LogP contribution in [0.15, 0.2) is 53.5 Å². The van der Waals surface area contributed by atoms with Gasteiger partial charge in [0.1, 0.15) is 6.04 Å². The van der Waals surface area contributed by atoms with E-state index in [1.807, 2.05) is 60.5 Å². The summed E-state index contributed by atoms with van der Waals surface area (Å²) in [6.45, 7) is 10.3. The van der Waals surface area contributed by atoms with Gasteiger partial charge in [0.05, 0.1) is 11.0 Å². The predicted octanol–water partition coefficient (Wildman–Crippen LogP) is 3.44. The van der Waals surface area contributed by atoms with Gasteiger partial charge in [0, 0.05) is 82.7 Å². The number of hydrogen-bond acceptors (Lipinski definition) is 10. The highest BCUT2D eigenvalue weighted by Crippen LogP contribution is 2.29. The molecule has 3 saturated heterocycles. The van der Waals surface area contributed by atoms with Crippen LogP contribution in [0.5, 0.6) is 0 Å². The average molecular weight is 783 g/mol. The van der Waals surface area contributed by atoms with Crippen molar-refractivity contribution in [1.82, 2.24) is 39.3 Å². The van der Waals surface area contributed by atoms with E-state index in [0.717, 1.165) is 66.4 Å². The van der Waals surface area contributed by atoms with Gasteiger partial charge >= 0.3 is 18.0 Å². The molecule has 3 fully saturated rings. The highest BCUT2D eigenvalue weighted by molar-refractivity contribution is 5.88. The van der Waals surface area contributed by atoms with Gasteiger partial charge < -0.3 is 29.5 Å². The highest BCUT2D eigenvalue weighted by Gasteiger charge is 2.34. The zero-order chi connectivity index (χ0) is 40.2. The van der Waals surface area contributed by atoms with Crippen molar-refractivity contribution in [3.8, 4) is 0 Å². The number of fused-ring (bicyclic) bond motifs is 2. The number of ether oxygens (including phenoxy) is 2. The molecule has 1 atom stereocenters. The zero-order valence-electron chi connectivity index (χ0n) is 33.4. The zero-order valence-corrected chi connectivity index (χ0v) is 33.4. The first-order chi connectivity index (χ1) is 27.4. The third-order valence-electron chi connectivity index (χ3n) is 11.8. The summed E-state index contributed by atoms with van der Waals surface area (Å²) in [4.78, 5) is 73.7. The number of aryl methyl sites for hydroxylation is 1. The van der Waals surface area contributed by atoms with Crippen molar-refractivity contribution in [3.63, 3.8) is 0 Å². The first kappa shape index (κ1) is 39.9. The number of pyridine rings is 1. The molecule has 15 nitrogen and oxygen atoms in total. The Morgan fingerprint density at radius 1 is 0.825 bits per heavy atom.